The number of hydrogen-bond donors (Lipinski definition) is 1. The maximum atomic E-state index is 12.0. The standard InChI is InChI=1S/C14H30N2O/c1-5-7-8-12-16(11-6-2)14(17)9-10-15-13(3)4/h13,15H,5-12H2,1-4H3. The van der Waals surface area contributed by atoms with Crippen LogP contribution in [-0.2, 0) is 4.79 Å². The molecular formula is C14H30N2O. The van der Waals surface area contributed by atoms with Crippen LogP contribution < -0.4 is 5.32 Å². The number of rotatable bonds is 10. The minimum absolute atomic E-state index is 0.302. The summed E-state index contributed by atoms with van der Waals surface area (Å²) in [5.74, 6) is 0.302. The van der Waals surface area contributed by atoms with Crippen LogP contribution in [0.15, 0.2) is 0 Å². The quantitative estimate of drug-likeness (QED) is 0.597. The molecule has 17 heavy (non-hydrogen) atoms. The van der Waals surface area contributed by atoms with E-state index in [9.17, 15) is 4.79 Å². The van der Waals surface area contributed by atoms with Gasteiger partial charge in [-0.1, -0.05) is 40.5 Å². The van der Waals surface area contributed by atoms with Gasteiger partial charge in [0.2, 0.25) is 5.91 Å². The number of hydrogen-bond acceptors (Lipinski definition) is 2. The molecule has 0 rings (SSSR count). The molecule has 0 fully saturated rings. The van der Waals surface area contributed by atoms with Gasteiger partial charge in [0.05, 0.1) is 0 Å². The van der Waals surface area contributed by atoms with Crippen molar-refractivity contribution in [2.45, 2.75) is 65.8 Å². The summed E-state index contributed by atoms with van der Waals surface area (Å²) < 4.78 is 0. The summed E-state index contributed by atoms with van der Waals surface area (Å²) in [5, 5.41) is 3.29. The Morgan fingerprint density at radius 1 is 1.12 bits per heavy atom. The summed E-state index contributed by atoms with van der Waals surface area (Å²) in [6.07, 6.45) is 5.25. The van der Waals surface area contributed by atoms with Gasteiger partial charge in [-0.25, -0.2) is 0 Å². The Bertz CT molecular complexity index is 193. The van der Waals surface area contributed by atoms with Crippen molar-refractivity contribution >= 4 is 5.91 Å². The molecule has 0 aromatic rings. The largest absolute Gasteiger partial charge is 0.343 e. The van der Waals surface area contributed by atoms with Crippen LogP contribution in [0.2, 0.25) is 0 Å². The van der Waals surface area contributed by atoms with E-state index in [-0.39, 0.29) is 0 Å². The predicted octanol–water partition coefficient (Wildman–Crippen LogP) is 2.80. The molecule has 0 radical (unpaired) electrons. The molecule has 0 aromatic carbocycles. The molecule has 0 saturated heterocycles. The molecule has 3 nitrogen and oxygen atoms in total. The highest BCUT2D eigenvalue weighted by Crippen LogP contribution is 2.02. The third-order valence-electron chi connectivity index (χ3n) is 2.77. The van der Waals surface area contributed by atoms with Gasteiger partial charge in [-0.3, -0.25) is 4.79 Å². The van der Waals surface area contributed by atoms with Crippen molar-refractivity contribution in [3.63, 3.8) is 0 Å². The SMILES string of the molecule is CCCCCN(CCC)C(=O)CCNC(C)C. The molecule has 3 heteroatoms. The lowest BCUT2D eigenvalue weighted by Gasteiger charge is -2.22. The van der Waals surface area contributed by atoms with Gasteiger partial charge < -0.3 is 10.2 Å². The molecule has 0 atom stereocenters. The van der Waals surface area contributed by atoms with Crippen LogP contribution in [0.25, 0.3) is 0 Å². The number of nitrogens with one attached hydrogen (secondary N) is 1. The molecule has 0 heterocycles. The van der Waals surface area contributed by atoms with E-state index in [4.69, 9.17) is 0 Å². The smallest absolute Gasteiger partial charge is 0.223 e. The number of nitrogens with zero attached hydrogens (tertiary/aromatic N) is 1. The second-order valence-electron chi connectivity index (χ2n) is 4.95. The van der Waals surface area contributed by atoms with Crippen molar-refractivity contribution in [3.8, 4) is 0 Å². The first kappa shape index (κ1) is 16.4. The van der Waals surface area contributed by atoms with Crippen LogP contribution in [-0.4, -0.2) is 36.5 Å². The Balaban J connectivity index is 3.88. The average Bonchev–Trinajstić information content (AvgIpc) is 2.27. The topological polar surface area (TPSA) is 32.3 Å². The molecule has 0 bridgehead atoms. The summed E-state index contributed by atoms with van der Waals surface area (Å²) in [6, 6.07) is 0.461. The van der Waals surface area contributed by atoms with Gasteiger partial charge >= 0.3 is 0 Å². The van der Waals surface area contributed by atoms with E-state index in [0.29, 0.717) is 18.4 Å². The third-order valence-corrected chi connectivity index (χ3v) is 2.77. The number of carbonyl (C=O) groups is 1. The summed E-state index contributed by atoms with van der Waals surface area (Å²) in [4.78, 5) is 14.0. The molecular weight excluding hydrogens is 212 g/mol. The van der Waals surface area contributed by atoms with Crippen LogP contribution >= 0.6 is 0 Å². The van der Waals surface area contributed by atoms with Crippen LogP contribution in [0, 0.1) is 0 Å². The zero-order valence-corrected chi connectivity index (χ0v) is 12.1. The third kappa shape index (κ3) is 9.16. The van der Waals surface area contributed by atoms with Gasteiger partial charge in [0.25, 0.3) is 0 Å². The summed E-state index contributed by atoms with van der Waals surface area (Å²) in [6.45, 7) is 11.2. The van der Waals surface area contributed by atoms with Crippen LogP contribution in [0.1, 0.15) is 59.8 Å². The lowest BCUT2D eigenvalue weighted by Crippen LogP contribution is -2.35. The first-order chi connectivity index (χ1) is 8.11. The van der Waals surface area contributed by atoms with E-state index >= 15 is 0 Å². The van der Waals surface area contributed by atoms with Gasteiger partial charge in [-0.2, -0.15) is 0 Å². The highest BCUT2D eigenvalue weighted by atomic mass is 16.2. The Labute approximate surface area is 107 Å². The van der Waals surface area contributed by atoms with Gasteiger partial charge in [-0.15, -0.1) is 0 Å². The Morgan fingerprint density at radius 3 is 2.35 bits per heavy atom. The van der Waals surface area contributed by atoms with Crippen molar-refractivity contribution in [2.75, 3.05) is 19.6 Å². The van der Waals surface area contributed by atoms with Crippen molar-refractivity contribution in [1.82, 2.24) is 10.2 Å². The Hall–Kier alpha value is -0.570. The van der Waals surface area contributed by atoms with Gasteiger partial charge in [0.15, 0.2) is 0 Å². The molecule has 0 saturated carbocycles. The minimum Gasteiger partial charge on any atom is -0.343 e. The molecule has 0 aromatic heterocycles. The van der Waals surface area contributed by atoms with E-state index in [2.05, 4.69) is 33.0 Å². The average molecular weight is 242 g/mol. The zero-order chi connectivity index (χ0) is 13.1. The van der Waals surface area contributed by atoms with Crippen LogP contribution in [0.3, 0.4) is 0 Å². The lowest BCUT2D eigenvalue weighted by molar-refractivity contribution is -0.131. The maximum Gasteiger partial charge on any atom is 0.223 e. The molecule has 0 unspecified atom stereocenters. The van der Waals surface area contributed by atoms with Gasteiger partial charge in [0, 0.05) is 32.1 Å². The van der Waals surface area contributed by atoms with Crippen molar-refractivity contribution in [1.29, 1.82) is 0 Å². The first-order valence-electron chi connectivity index (χ1n) is 7.12. The van der Waals surface area contributed by atoms with Crippen LogP contribution in [0.4, 0.5) is 0 Å². The van der Waals surface area contributed by atoms with E-state index in [1.54, 1.807) is 0 Å². The van der Waals surface area contributed by atoms with E-state index in [1.807, 2.05) is 4.90 Å². The molecule has 0 aliphatic carbocycles. The number of carbonyl (C=O) groups excluding carboxylic acids is 1. The fourth-order valence-corrected chi connectivity index (χ4v) is 1.81. The number of unbranched alkanes of at least 4 members (excludes halogenated alkanes) is 2. The predicted molar refractivity (Wildman–Crippen MR) is 74.2 cm³/mol. The van der Waals surface area contributed by atoms with E-state index in [0.717, 1.165) is 32.5 Å². The van der Waals surface area contributed by atoms with Gasteiger partial charge in [0.1, 0.15) is 0 Å². The van der Waals surface area contributed by atoms with E-state index < -0.39 is 0 Å². The van der Waals surface area contributed by atoms with Crippen molar-refractivity contribution < 1.29 is 4.79 Å². The molecule has 102 valence electrons. The Morgan fingerprint density at radius 2 is 1.82 bits per heavy atom. The second-order valence-corrected chi connectivity index (χ2v) is 4.95. The van der Waals surface area contributed by atoms with Crippen LogP contribution in [0.5, 0.6) is 0 Å². The fraction of sp³-hybridized carbons (Fsp3) is 0.929. The maximum absolute atomic E-state index is 12.0. The molecule has 1 amide bonds. The minimum atomic E-state index is 0.302. The van der Waals surface area contributed by atoms with E-state index in [1.165, 1.54) is 12.8 Å². The molecule has 0 spiro atoms. The zero-order valence-electron chi connectivity index (χ0n) is 12.1. The number of amides is 1. The fourth-order valence-electron chi connectivity index (χ4n) is 1.81. The summed E-state index contributed by atoms with van der Waals surface area (Å²) >= 11 is 0. The highest BCUT2D eigenvalue weighted by molar-refractivity contribution is 5.76. The highest BCUT2D eigenvalue weighted by Gasteiger charge is 2.11. The van der Waals surface area contributed by atoms with Crippen molar-refractivity contribution in [2.24, 2.45) is 0 Å². The van der Waals surface area contributed by atoms with Gasteiger partial charge in [-0.05, 0) is 12.8 Å². The Kier molecular flexibility index (Phi) is 10.2. The molecule has 0 aliphatic heterocycles. The van der Waals surface area contributed by atoms with Crippen molar-refractivity contribution in [3.05, 3.63) is 0 Å². The second kappa shape index (κ2) is 10.6. The normalized spacial score (nSPS) is 10.9. The summed E-state index contributed by atoms with van der Waals surface area (Å²) in [5.41, 5.74) is 0. The lowest BCUT2D eigenvalue weighted by atomic mass is 10.2. The summed E-state index contributed by atoms with van der Waals surface area (Å²) in [7, 11) is 0. The monoisotopic (exact) mass is 242 g/mol. The first-order valence-corrected chi connectivity index (χ1v) is 7.12. The molecule has 1 N–H and O–H groups in total. The molecule has 0 aliphatic rings.